The Hall–Kier alpha value is -3.07. The molecular formula is C30H30N2O5S. The minimum Gasteiger partial charge on any atom is -0.478 e. The summed E-state index contributed by atoms with van der Waals surface area (Å²) in [6, 6.07) is 13.5. The van der Waals surface area contributed by atoms with Gasteiger partial charge in [-0.15, -0.1) is 11.3 Å². The highest BCUT2D eigenvalue weighted by molar-refractivity contribution is 7.18. The predicted octanol–water partition coefficient (Wildman–Crippen LogP) is 6.75. The Bertz CT molecular complexity index is 1510. The average molecular weight is 531 g/mol. The van der Waals surface area contributed by atoms with Gasteiger partial charge in [0.05, 0.1) is 28.5 Å². The van der Waals surface area contributed by atoms with Gasteiger partial charge in [0.15, 0.2) is 0 Å². The molecule has 0 amide bonds. The normalized spacial score (nSPS) is 23.7. The monoisotopic (exact) mass is 530 g/mol. The van der Waals surface area contributed by atoms with Crippen LogP contribution >= 0.6 is 11.3 Å². The lowest BCUT2D eigenvalue weighted by Crippen LogP contribution is -2.34. The second kappa shape index (κ2) is 9.29. The molecule has 4 aromatic rings. The lowest BCUT2D eigenvalue weighted by atomic mass is 9.83. The number of fused-ring (bicyclic) bond motifs is 1. The van der Waals surface area contributed by atoms with Crippen LogP contribution in [0.2, 0.25) is 0 Å². The maximum Gasteiger partial charge on any atom is 0.335 e. The maximum atomic E-state index is 11.4. The smallest absolute Gasteiger partial charge is 0.335 e. The van der Waals surface area contributed by atoms with E-state index < -0.39 is 11.6 Å². The molecule has 2 aromatic heterocycles. The van der Waals surface area contributed by atoms with Crippen LogP contribution in [0.15, 0.2) is 47.0 Å². The number of aromatic nitrogens is 2. The molecule has 0 aliphatic heterocycles. The van der Waals surface area contributed by atoms with Crippen LogP contribution in [0.25, 0.3) is 21.5 Å². The number of aliphatic hydroxyl groups is 1. The molecule has 0 spiro atoms. The number of ether oxygens (including phenoxy) is 1. The second-order valence-electron chi connectivity index (χ2n) is 11.1. The van der Waals surface area contributed by atoms with Crippen molar-refractivity contribution in [1.82, 2.24) is 10.1 Å². The molecule has 38 heavy (non-hydrogen) atoms. The zero-order chi connectivity index (χ0) is 25.9. The fourth-order valence-electron chi connectivity index (χ4n) is 5.71. The Balaban J connectivity index is 1.06. The molecule has 3 aliphatic rings. The number of hydrogen-bond acceptors (Lipinski definition) is 7. The number of carbonyl (C=O) groups is 1. The molecule has 2 aromatic carbocycles. The average Bonchev–Trinajstić information content (AvgIpc) is 3.87. The van der Waals surface area contributed by atoms with Gasteiger partial charge in [0.2, 0.25) is 0 Å². The first-order valence-electron chi connectivity index (χ1n) is 13.5. The van der Waals surface area contributed by atoms with Crippen molar-refractivity contribution in [2.75, 3.05) is 0 Å². The van der Waals surface area contributed by atoms with Gasteiger partial charge in [-0.25, -0.2) is 9.78 Å². The lowest BCUT2D eigenvalue weighted by Gasteiger charge is -2.34. The quantitative estimate of drug-likeness (QED) is 0.259. The number of rotatable bonds is 8. The van der Waals surface area contributed by atoms with E-state index >= 15 is 0 Å². The fourth-order valence-corrected chi connectivity index (χ4v) is 6.86. The van der Waals surface area contributed by atoms with Gasteiger partial charge >= 0.3 is 5.97 Å². The first-order valence-corrected chi connectivity index (χ1v) is 14.4. The van der Waals surface area contributed by atoms with E-state index in [0.29, 0.717) is 36.3 Å². The summed E-state index contributed by atoms with van der Waals surface area (Å²) in [5, 5.41) is 25.9. The van der Waals surface area contributed by atoms with E-state index in [-0.39, 0.29) is 11.7 Å². The SMILES string of the molecule is O=C(O)c1ccc2nc(C3(O)CCC(OCc4c(-c5ccccc5C5CC5)noc4C4CC4)CC3)sc2c1. The number of aromatic carboxylic acids is 1. The van der Waals surface area contributed by atoms with Crippen LogP contribution in [0.1, 0.15) is 95.5 Å². The van der Waals surface area contributed by atoms with Crippen molar-refractivity contribution in [3.8, 4) is 11.3 Å². The van der Waals surface area contributed by atoms with Gasteiger partial charge in [-0.3, -0.25) is 0 Å². The molecule has 7 nitrogen and oxygen atoms in total. The molecule has 0 saturated heterocycles. The van der Waals surface area contributed by atoms with Crippen molar-refractivity contribution < 1.29 is 24.3 Å². The van der Waals surface area contributed by atoms with Crippen molar-refractivity contribution in [2.24, 2.45) is 0 Å². The zero-order valence-electron chi connectivity index (χ0n) is 21.1. The van der Waals surface area contributed by atoms with Gasteiger partial charge in [0, 0.05) is 17.0 Å². The Morgan fingerprint density at radius 2 is 1.82 bits per heavy atom. The third-order valence-corrected chi connectivity index (χ3v) is 9.47. The van der Waals surface area contributed by atoms with E-state index in [2.05, 4.69) is 34.4 Å². The minimum atomic E-state index is -1.02. The molecule has 0 unspecified atom stereocenters. The summed E-state index contributed by atoms with van der Waals surface area (Å²) in [5.41, 5.74) is 4.48. The molecular weight excluding hydrogens is 500 g/mol. The highest BCUT2D eigenvalue weighted by atomic mass is 32.1. The van der Waals surface area contributed by atoms with Gasteiger partial charge in [-0.1, -0.05) is 29.4 Å². The number of benzene rings is 2. The van der Waals surface area contributed by atoms with E-state index in [1.54, 1.807) is 18.2 Å². The second-order valence-corrected chi connectivity index (χ2v) is 12.1. The lowest BCUT2D eigenvalue weighted by molar-refractivity contribution is -0.0640. The first-order chi connectivity index (χ1) is 18.5. The van der Waals surface area contributed by atoms with Gasteiger partial charge in [0.1, 0.15) is 22.1 Å². The van der Waals surface area contributed by atoms with E-state index in [4.69, 9.17) is 9.26 Å². The molecule has 0 atom stereocenters. The molecule has 196 valence electrons. The Morgan fingerprint density at radius 3 is 2.55 bits per heavy atom. The Morgan fingerprint density at radius 1 is 1.05 bits per heavy atom. The fraction of sp³-hybridized carbons (Fsp3) is 0.433. The molecule has 3 saturated carbocycles. The summed E-state index contributed by atoms with van der Waals surface area (Å²) in [6.07, 6.45) is 7.34. The Labute approximate surface area is 224 Å². The third-order valence-electron chi connectivity index (χ3n) is 8.26. The molecule has 0 radical (unpaired) electrons. The van der Waals surface area contributed by atoms with Crippen LogP contribution in [0.5, 0.6) is 0 Å². The van der Waals surface area contributed by atoms with E-state index in [0.717, 1.165) is 52.9 Å². The number of thiazole rings is 1. The molecule has 7 rings (SSSR count). The van der Waals surface area contributed by atoms with E-state index in [1.807, 2.05) is 0 Å². The van der Waals surface area contributed by atoms with Crippen molar-refractivity contribution in [1.29, 1.82) is 0 Å². The molecule has 2 N–H and O–H groups in total. The van der Waals surface area contributed by atoms with Gasteiger partial charge in [0.25, 0.3) is 0 Å². The standard InChI is InChI=1S/C30H30N2O5S/c33-28(34)19-9-10-24-25(15-19)38-29(31-24)30(35)13-11-20(12-14-30)36-16-23-26(32-37-27(23)18-7-8-18)22-4-2-1-3-21(22)17-5-6-17/h1-4,9-10,15,17-18,20,35H,5-8,11-14,16H2,(H,33,34). The van der Waals surface area contributed by atoms with Crippen molar-refractivity contribution in [2.45, 2.75) is 81.5 Å². The van der Waals surface area contributed by atoms with Gasteiger partial charge in [-0.05, 0) is 81.0 Å². The van der Waals surface area contributed by atoms with Gasteiger partial charge in [-0.2, -0.15) is 0 Å². The largest absolute Gasteiger partial charge is 0.478 e. The topological polar surface area (TPSA) is 106 Å². The van der Waals surface area contributed by atoms with Crippen molar-refractivity contribution >= 4 is 27.5 Å². The number of carboxylic acids is 1. The minimum absolute atomic E-state index is 0.0387. The highest BCUT2D eigenvalue weighted by Crippen LogP contribution is 2.48. The third kappa shape index (κ3) is 4.44. The summed E-state index contributed by atoms with van der Waals surface area (Å²) in [6.45, 7) is 0.464. The van der Waals surface area contributed by atoms with Crippen LogP contribution in [-0.2, 0) is 16.9 Å². The van der Waals surface area contributed by atoms with E-state index in [1.165, 1.54) is 35.3 Å². The molecule has 3 aliphatic carbocycles. The van der Waals surface area contributed by atoms with Crippen molar-refractivity contribution in [3.63, 3.8) is 0 Å². The summed E-state index contributed by atoms with van der Waals surface area (Å²) >= 11 is 1.38. The molecule has 2 heterocycles. The summed E-state index contributed by atoms with van der Waals surface area (Å²) in [4.78, 5) is 16.0. The van der Waals surface area contributed by atoms with Crippen LogP contribution in [0, 0.1) is 0 Å². The number of carboxylic acid groups (broad SMARTS) is 1. The van der Waals surface area contributed by atoms with Crippen LogP contribution in [0.3, 0.4) is 0 Å². The summed E-state index contributed by atoms with van der Waals surface area (Å²) in [5.74, 6) is 1.08. The summed E-state index contributed by atoms with van der Waals surface area (Å²) in [7, 11) is 0. The van der Waals surface area contributed by atoms with E-state index in [9.17, 15) is 15.0 Å². The molecule has 8 heteroatoms. The van der Waals surface area contributed by atoms with Crippen LogP contribution in [-0.4, -0.2) is 32.4 Å². The number of nitrogens with zero attached hydrogens (tertiary/aromatic N) is 2. The summed E-state index contributed by atoms with van der Waals surface area (Å²) < 4.78 is 13.1. The maximum absolute atomic E-state index is 11.4. The van der Waals surface area contributed by atoms with Crippen molar-refractivity contribution in [3.05, 3.63) is 69.9 Å². The zero-order valence-corrected chi connectivity index (χ0v) is 21.9. The Kier molecular flexibility index (Phi) is 5.87. The molecule has 3 fully saturated rings. The molecule has 0 bridgehead atoms. The predicted molar refractivity (Wildman–Crippen MR) is 143 cm³/mol. The van der Waals surface area contributed by atoms with Crippen LogP contribution in [0.4, 0.5) is 0 Å². The van der Waals surface area contributed by atoms with Crippen LogP contribution < -0.4 is 0 Å². The number of hydrogen-bond donors (Lipinski definition) is 2. The van der Waals surface area contributed by atoms with Gasteiger partial charge < -0.3 is 19.5 Å². The first kappa shape index (κ1) is 24.0. The highest BCUT2D eigenvalue weighted by Gasteiger charge is 2.39.